The fraction of sp³-hybridized carbons (Fsp3) is 0.545. The quantitative estimate of drug-likeness (QED) is 0.238. The number of piperidine rings is 1. The van der Waals surface area contributed by atoms with Gasteiger partial charge in [-0.25, -0.2) is 9.18 Å². The zero-order chi connectivity index (χ0) is 33.3. The molecule has 44 heavy (non-hydrogen) atoms. The maximum atomic E-state index is 14.4. The number of nitrogens with zero attached hydrogens (tertiary/aromatic N) is 1. The molecule has 2 heterocycles. The summed E-state index contributed by atoms with van der Waals surface area (Å²) in [6, 6.07) is 10.6. The molecule has 0 spiro atoms. The number of hydrogen-bond acceptors (Lipinski definition) is 4. The van der Waals surface area contributed by atoms with Crippen molar-refractivity contribution in [1.82, 2.24) is 20.9 Å². The molecule has 246 valence electrons. The smallest absolute Gasteiger partial charge is 0.317 e. The maximum Gasteiger partial charge on any atom is 0.317 e. The number of amides is 4. The van der Waals surface area contributed by atoms with Gasteiger partial charge in [0, 0.05) is 61.3 Å². The number of nitrogens with one attached hydrogen (secondary N) is 4. The van der Waals surface area contributed by atoms with Crippen LogP contribution in [0.2, 0.25) is 10.0 Å². The van der Waals surface area contributed by atoms with E-state index in [1.54, 1.807) is 35.2 Å². The van der Waals surface area contributed by atoms with E-state index < -0.39 is 0 Å². The molecule has 0 aromatic heterocycles. The van der Waals surface area contributed by atoms with Crippen LogP contribution in [-0.4, -0.2) is 62.5 Å². The first-order valence-corrected chi connectivity index (χ1v) is 16.0. The Labute approximate surface area is 272 Å². The minimum Gasteiger partial charge on any atom is -0.356 e. The summed E-state index contributed by atoms with van der Waals surface area (Å²) in [5.41, 5.74) is 2.66. The zero-order valence-corrected chi connectivity index (χ0v) is 28.6. The van der Waals surface area contributed by atoms with Crippen molar-refractivity contribution in [2.45, 2.75) is 79.2 Å². The van der Waals surface area contributed by atoms with Crippen molar-refractivity contribution in [3.8, 4) is 0 Å². The highest BCUT2D eigenvalue weighted by molar-refractivity contribution is 6.31. The molecule has 4 N–H and O–H groups in total. The molecule has 11 heteroatoms. The van der Waals surface area contributed by atoms with Crippen LogP contribution in [0.4, 0.5) is 14.9 Å². The monoisotopic (exact) mass is 653 g/mol. The van der Waals surface area contributed by atoms with E-state index in [1.807, 2.05) is 26.8 Å². The third kappa shape index (κ3) is 13.4. The van der Waals surface area contributed by atoms with E-state index in [4.69, 9.17) is 23.2 Å². The average Bonchev–Trinajstić information content (AvgIpc) is 3.45. The van der Waals surface area contributed by atoms with Crippen LogP contribution in [0.1, 0.15) is 84.3 Å². The standard InChI is InChI=1S/C17H15Cl2FN2O.C9H17N3O2.C5H12.C2H6/c18-10-4-5-11(16(6-10)22-9-23)13-7-21-8-14(13)12-2-1-3-15(19)17(12)20;1-2-10-9(14)12-5-3-8(4-6-12)11-7-13;1-5(2,3)4;1-2/h1-6,9,13-14,21H,7-8H2,(H,22,23);7-8H,2-6H2,1H3,(H,10,14)(H,11,13);1-4H3;1-2H3. The van der Waals surface area contributed by atoms with Gasteiger partial charge in [-0.3, -0.25) is 9.59 Å². The van der Waals surface area contributed by atoms with Crippen LogP contribution in [0.5, 0.6) is 0 Å². The zero-order valence-electron chi connectivity index (χ0n) is 27.1. The minimum absolute atomic E-state index is 0.00273. The normalized spacial score (nSPS) is 17.8. The Kier molecular flexibility index (Phi) is 18.0. The molecule has 2 atom stereocenters. The van der Waals surface area contributed by atoms with Crippen LogP contribution in [0.15, 0.2) is 36.4 Å². The molecule has 2 unspecified atom stereocenters. The topological polar surface area (TPSA) is 103 Å². The number of anilines is 1. The SMILES string of the molecule is CC.CC(C)(C)C.CCNC(=O)N1CCC(NC=O)CC1.O=CNc1cc(Cl)ccc1C1CNCC1c1cccc(Cl)c1F. The fourth-order valence-corrected chi connectivity index (χ4v) is 5.14. The van der Waals surface area contributed by atoms with Crippen molar-refractivity contribution >= 4 is 47.7 Å². The van der Waals surface area contributed by atoms with E-state index in [-0.39, 0.29) is 34.7 Å². The average molecular weight is 655 g/mol. The van der Waals surface area contributed by atoms with Gasteiger partial charge >= 0.3 is 6.03 Å². The van der Waals surface area contributed by atoms with Gasteiger partial charge in [-0.2, -0.15) is 0 Å². The lowest BCUT2D eigenvalue weighted by molar-refractivity contribution is -0.110. The van der Waals surface area contributed by atoms with Gasteiger partial charge in [0.1, 0.15) is 5.82 Å². The van der Waals surface area contributed by atoms with Crippen molar-refractivity contribution in [1.29, 1.82) is 0 Å². The molecule has 4 amide bonds. The number of halogens is 3. The summed E-state index contributed by atoms with van der Waals surface area (Å²) < 4.78 is 14.4. The Morgan fingerprint density at radius 2 is 1.59 bits per heavy atom. The molecule has 0 saturated carbocycles. The first kappa shape index (κ1) is 39.1. The predicted molar refractivity (Wildman–Crippen MR) is 180 cm³/mol. The Morgan fingerprint density at radius 3 is 2.14 bits per heavy atom. The van der Waals surface area contributed by atoms with Gasteiger partial charge in [-0.15, -0.1) is 0 Å². The molecule has 2 aromatic rings. The fourth-order valence-electron chi connectivity index (χ4n) is 4.79. The van der Waals surface area contributed by atoms with Gasteiger partial charge in [0.05, 0.1) is 5.02 Å². The molecule has 2 saturated heterocycles. The summed E-state index contributed by atoms with van der Waals surface area (Å²) in [5, 5.41) is 12.1. The van der Waals surface area contributed by atoms with Gasteiger partial charge in [-0.05, 0) is 54.5 Å². The van der Waals surface area contributed by atoms with Crippen molar-refractivity contribution in [2.24, 2.45) is 5.41 Å². The number of likely N-dealkylation sites (tertiary alicyclic amines) is 1. The van der Waals surface area contributed by atoms with E-state index >= 15 is 0 Å². The van der Waals surface area contributed by atoms with E-state index in [9.17, 15) is 18.8 Å². The molecular weight excluding hydrogens is 604 g/mol. The van der Waals surface area contributed by atoms with Gasteiger partial charge in [0.25, 0.3) is 0 Å². The Hall–Kier alpha value is -2.88. The Balaban J connectivity index is 0.000000392. The largest absolute Gasteiger partial charge is 0.356 e. The third-order valence-electron chi connectivity index (χ3n) is 6.64. The van der Waals surface area contributed by atoms with Crippen molar-refractivity contribution in [3.05, 3.63) is 63.4 Å². The lowest BCUT2D eigenvalue weighted by Gasteiger charge is -2.31. The summed E-state index contributed by atoms with van der Waals surface area (Å²) >= 11 is 11.9. The van der Waals surface area contributed by atoms with Crippen LogP contribution in [0, 0.1) is 11.2 Å². The van der Waals surface area contributed by atoms with Gasteiger partial charge < -0.3 is 26.2 Å². The van der Waals surface area contributed by atoms with Crippen LogP contribution >= 0.6 is 23.2 Å². The number of benzene rings is 2. The predicted octanol–water partition coefficient (Wildman–Crippen LogP) is 7.18. The molecule has 0 aliphatic carbocycles. The highest BCUT2D eigenvalue weighted by Gasteiger charge is 2.33. The minimum atomic E-state index is -0.383. The van der Waals surface area contributed by atoms with Crippen LogP contribution < -0.4 is 21.3 Å². The summed E-state index contributed by atoms with van der Waals surface area (Å²) in [5.74, 6) is -0.434. The molecule has 0 radical (unpaired) electrons. The van der Waals surface area contributed by atoms with Crippen LogP contribution in [-0.2, 0) is 9.59 Å². The van der Waals surface area contributed by atoms with E-state index in [1.165, 1.54) is 0 Å². The molecule has 2 fully saturated rings. The van der Waals surface area contributed by atoms with Gasteiger partial charge in [-0.1, -0.05) is 82.9 Å². The first-order valence-electron chi connectivity index (χ1n) is 15.3. The Morgan fingerprint density at radius 1 is 1.00 bits per heavy atom. The molecule has 2 aromatic carbocycles. The van der Waals surface area contributed by atoms with Crippen molar-refractivity contribution in [2.75, 3.05) is 38.0 Å². The molecule has 4 rings (SSSR count). The number of rotatable bonds is 7. The Bertz CT molecular complexity index is 1160. The summed E-state index contributed by atoms with van der Waals surface area (Å²) in [6.45, 7) is 18.1. The number of urea groups is 1. The van der Waals surface area contributed by atoms with Crippen LogP contribution in [0.3, 0.4) is 0 Å². The molecule has 8 nitrogen and oxygen atoms in total. The number of hydrogen-bond donors (Lipinski definition) is 4. The second-order valence-electron chi connectivity index (χ2n) is 11.9. The van der Waals surface area contributed by atoms with E-state index in [2.05, 4.69) is 49.0 Å². The second-order valence-corrected chi connectivity index (χ2v) is 12.7. The highest BCUT2D eigenvalue weighted by Crippen LogP contribution is 2.41. The molecule has 2 aliphatic rings. The van der Waals surface area contributed by atoms with E-state index in [0.29, 0.717) is 47.7 Å². The summed E-state index contributed by atoms with van der Waals surface area (Å²) in [4.78, 5) is 34.2. The lowest BCUT2D eigenvalue weighted by atomic mass is 9.83. The maximum absolute atomic E-state index is 14.4. The lowest BCUT2D eigenvalue weighted by Crippen LogP contribution is -2.48. The summed E-state index contributed by atoms with van der Waals surface area (Å²) in [6.07, 6.45) is 3.03. The number of carbonyl (C=O) groups excluding carboxylic acids is 3. The second kappa shape index (κ2) is 20.2. The third-order valence-corrected chi connectivity index (χ3v) is 7.17. The highest BCUT2D eigenvalue weighted by atomic mass is 35.5. The molecule has 2 aliphatic heterocycles. The number of carbonyl (C=O) groups is 3. The van der Waals surface area contributed by atoms with Gasteiger partial charge in [0.2, 0.25) is 12.8 Å². The van der Waals surface area contributed by atoms with Crippen molar-refractivity contribution in [3.63, 3.8) is 0 Å². The van der Waals surface area contributed by atoms with Crippen LogP contribution in [0.25, 0.3) is 0 Å². The van der Waals surface area contributed by atoms with Crippen molar-refractivity contribution < 1.29 is 18.8 Å². The van der Waals surface area contributed by atoms with E-state index in [0.717, 1.165) is 37.9 Å². The molecular formula is C33H50Cl2FN5O3. The first-order chi connectivity index (χ1) is 20.9. The summed E-state index contributed by atoms with van der Waals surface area (Å²) in [7, 11) is 0. The van der Waals surface area contributed by atoms with Gasteiger partial charge in [0.15, 0.2) is 0 Å². The molecule has 0 bridgehead atoms.